The van der Waals surface area contributed by atoms with E-state index in [0.717, 1.165) is 40.8 Å². The summed E-state index contributed by atoms with van der Waals surface area (Å²) >= 11 is 0. The summed E-state index contributed by atoms with van der Waals surface area (Å²) in [6.07, 6.45) is 6.01. The maximum Gasteiger partial charge on any atom is 0.181 e. The van der Waals surface area contributed by atoms with Crippen LogP contribution < -0.4 is 0 Å². The van der Waals surface area contributed by atoms with Gasteiger partial charge in [0.05, 0.1) is 17.4 Å². The first-order valence-corrected chi connectivity index (χ1v) is 6.75. The van der Waals surface area contributed by atoms with Gasteiger partial charge in [-0.25, -0.2) is 4.98 Å². The van der Waals surface area contributed by atoms with E-state index in [1.807, 2.05) is 40.7 Å². The Labute approximate surface area is 115 Å². The van der Waals surface area contributed by atoms with Crippen molar-refractivity contribution in [3.63, 3.8) is 0 Å². The third-order valence-electron chi connectivity index (χ3n) is 3.93. The van der Waals surface area contributed by atoms with Gasteiger partial charge in [-0.2, -0.15) is 5.10 Å². The molecule has 0 aliphatic heterocycles. The Bertz CT molecular complexity index is 828. The summed E-state index contributed by atoms with van der Waals surface area (Å²) in [4.78, 5) is 16.5. The maximum atomic E-state index is 12.1. The number of ketones is 1. The van der Waals surface area contributed by atoms with Crippen molar-refractivity contribution >= 4 is 16.7 Å². The zero-order chi connectivity index (χ0) is 13.7. The van der Waals surface area contributed by atoms with Gasteiger partial charge < -0.3 is 0 Å². The molecule has 1 aliphatic carbocycles. The number of Topliss-reactive ketones (excluding diaryl/α,β-unsaturated/α-hetero) is 1. The Hall–Kier alpha value is -2.43. The number of imidazole rings is 1. The van der Waals surface area contributed by atoms with Crippen LogP contribution in [0.3, 0.4) is 0 Å². The topological polar surface area (TPSA) is 52.7 Å². The van der Waals surface area contributed by atoms with Gasteiger partial charge in [-0.15, -0.1) is 0 Å². The fourth-order valence-corrected chi connectivity index (χ4v) is 2.90. The van der Waals surface area contributed by atoms with Crippen LogP contribution in [0.4, 0.5) is 0 Å². The minimum absolute atomic E-state index is 0.190. The van der Waals surface area contributed by atoms with Crippen LogP contribution >= 0.6 is 0 Å². The predicted octanol–water partition coefficient (Wildman–Crippen LogP) is 2.28. The van der Waals surface area contributed by atoms with E-state index in [1.165, 1.54) is 0 Å². The molecule has 0 bridgehead atoms. The third kappa shape index (κ3) is 1.52. The van der Waals surface area contributed by atoms with Crippen LogP contribution in [0, 0.1) is 0 Å². The molecule has 2 aromatic heterocycles. The first-order valence-electron chi connectivity index (χ1n) is 6.75. The summed E-state index contributed by atoms with van der Waals surface area (Å²) in [6.45, 7) is 0. The van der Waals surface area contributed by atoms with Crippen molar-refractivity contribution < 1.29 is 4.79 Å². The average molecular weight is 266 g/mol. The van der Waals surface area contributed by atoms with Crippen molar-refractivity contribution in [2.75, 3.05) is 0 Å². The van der Waals surface area contributed by atoms with E-state index in [4.69, 9.17) is 0 Å². The lowest BCUT2D eigenvalue weighted by atomic mass is 9.99. The average Bonchev–Trinajstić information content (AvgIpc) is 3.04. The molecule has 4 rings (SSSR count). The smallest absolute Gasteiger partial charge is 0.181 e. The number of aryl methyl sites for hydroxylation is 2. The summed E-state index contributed by atoms with van der Waals surface area (Å²) in [5.74, 6) is 0.190. The molecule has 20 heavy (non-hydrogen) atoms. The molecule has 1 aliphatic rings. The van der Waals surface area contributed by atoms with Gasteiger partial charge in [-0.1, -0.05) is 0 Å². The van der Waals surface area contributed by atoms with Gasteiger partial charge in [-0.05, 0) is 31.0 Å². The summed E-state index contributed by atoms with van der Waals surface area (Å²) in [5, 5.41) is 5.31. The van der Waals surface area contributed by atoms with Crippen molar-refractivity contribution in [3.8, 4) is 5.69 Å². The van der Waals surface area contributed by atoms with Gasteiger partial charge in [0.15, 0.2) is 5.78 Å². The molecular formula is C15H14N4O. The second-order valence-corrected chi connectivity index (χ2v) is 5.20. The maximum absolute atomic E-state index is 12.1. The van der Waals surface area contributed by atoms with Gasteiger partial charge in [0, 0.05) is 24.5 Å². The zero-order valence-electron chi connectivity index (χ0n) is 11.2. The molecule has 0 unspecified atom stereocenters. The van der Waals surface area contributed by atoms with E-state index in [0.29, 0.717) is 6.42 Å². The molecule has 5 nitrogen and oxygen atoms in total. The number of carbonyl (C=O) groups is 1. The number of fused-ring (bicyclic) bond motifs is 2. The van der Waals surface area contributed by atoms with Crippen LogP contribution in [0.15, 0.2) is 30.7 Å². The Kier molecular flexibility index (Phi) is 2.30. The summed E-state index contributed by atoms with van der Waals surface area (Å²) < 4.78 is 3.75. The molecule has 0 saturated carbocycles. The Morgan fingerprint density at radius 3 is 3.05 bits per heavy atom. The fraction of sp³-hybridized carbons (Fsp3) is 0.267. The number of nitrogens with zero attached hydrogens (tertiary/aromatic N) is 4. The molecule has 3 aromatic rings. The lowest BCUT2D eigenvalue weighted by Gasteiger charge is -2.13. The quantitative estimate of drug-likeness (QED) is 0.679. The molecule has 0 spiro atoms. The monoisotopic (exact) mass is 266 g/mol. The highest BCUT2D eigenvalue weighted by Gasteiger charge is 2.23. The normalized spacial score (nSPS) is 14.8. The van der Waals surface area contributed by atoms with Gasteiger partial charge >= 0.3 is 0 Å². The van der Waals surface area contributed by atoms with Crippen LogP contribution in [-0.2, 0) is 13.5 Å². The standard InChI is InChI=1S/C15H14N4O/c1-18-13-6-5-11(7-10(13)8-17-18)19-9-16-12-3-2-4-14(20)15(12)19/h5-9H,2-4H2,1H3. The number of aromatic nitrogens is 4. The lowest BCUT2D eigenvalue weighted by Crippen LogP contribution is -2.14. The van der Waals surface area contributed by atoms with Gasteiger partial charge in [0.25, 0.3) is 0 Å². The molecule has 0 fully saturated rings. The first-order chi connectivity index (χ1) is 9.74. The van der Waals surface area contributed by atoms with E-state index in [2.05, 4.69) is 10.1 Å². The second-order valence-electron chi connectivity index (χ2n) is 5.20. The number of benzene rings is 1. The highest BCUT2D eigenvalue weighted by molar-refractivity contribution is 5.97. The van der Waals surface area contributed by atoms with Crippen LogP contribution in [0.2, 0.25) is 0 Å². The van der Waals surface area contributed by atoms with Crippen LogP contribution in [0.5, 0.6) is 0 Å². The number of hydrogen-bond acceptors (Lipinski definition) is 3. The molecule has 0 atom stereocenters. The molecule has 1 aromatic carbocycles. The molecule has 0 amide bonds. The summed E-state index contributed by atoms with van der Waals surface area (Å²) in [6, 6.07) is 6.08. The highest BCUT2D eigenvalue weighted by Crippen LogP contribution is 2.25. The van der Waals surface area contributed by atoms with Gasteiger partial charge in [0.1, 0.15) is 12.0 Å². The van der Waals surface area contributed by atoms with E-state index in [9.17, 15) is 4.79 Å². The van der Waals surface area contributed by atoms with Gasteiger partial charge in [-0.3, -0.25) is 14.0 Å². The number of hydrogen-bond donors (Lipinski definition) is 0. The van der Waals surface area contributed by atoms with Crippen molar-refractivity contribution in [3.05, 3.63) is 42.1 Å². The summed E-state index contributed by atoms with van der Waals surface area (Å²) in [7, 11) is 1.92. The molecule has 5 heteroatoms. The first kappa shape index (κ1) is 11.4. The fourth-order valence-electron chi connectivity index (χ4n) is 2.90. The third-order valence-corrected chi connectivity index (χ3v) is 3.93. The van der Waals surface area contributed by atoms with Crippen LogP contribution in [0.1, 0.15) is 29.0 Å². The molecule has 100 valence electrons. The van der Waals surface area contributed by atoms with Crippen molar-refractivity contribution in [2.24, 2.45) is 7.05 Å². The van der Waals surface area contributed by atoms with Crippen LogP contribution in [0.25, 0.3) is 16.6 Å². The second kappa shape index (κ2) is 4.03. The van der Waals surface area contributed by atoms with Gasteiger partial charge in [0.2, 0.25) is 0 Å². The molecule has 0 N–H and O–H groups in total. The van der Waals surface area contributed by atoms with E-state index in [-0.39, 0.29) is 5.78 Å². The van der Waals surface area contributed by atoms with E-state index in [1.54, 1.807) is 6.33 Å². The van der Waals surface area contributed by atoms with Crippen molar-refractivity contribution in [2.45, 2.75) is 19.3 Å². The Balaban J connectivity index is 1.91. The minimum atomic E-state index is 0.190. The summed E-state index contributed by atoms with van der Waals surface area (Å²) in [5.41, 5.74) is 3.72. The molecule has 2 heterocycles. The Morgan fingerprint density at radius 2 is 2.15 bits per heavy atom. The number of rotatable bonds is 1. The lowest BCUT2D eigenvalue weighted by molar-refractivity contribution is 0.0965. The highest BCUT2D eigenvalue weighted by atomic mass is 16.1. The zero-order valence-corrected chi connectivity index (χ0v) is 11.2. The predicted molar refractivity (Wildman–Crippen MR) is 75.1 cm³/mol. The largest absolute Gasteiger partial charge is 0.296 e. The molecular weight excluding hydrogens is 252 g/mol. The number of carbonyl (C=O) groups excluding carboxylic acids is 1. The molecule has 0 radical (unpaired) electrons. The Morgan fingerprint density at radius 1 is 1.25 bits per heavy atom. The van der Waals surface area contributed by atoms with Crippen molar-refractivity contribution in [1.82, 2.24) is 19.3 Å². The SMILES string of the molecule is Cn1ncc2cc(-n3cnc4c3C(=O)CCC4)ccc21. The van der Waals surface area contributed by atoms with Crippen molar-refractivity contribution in [1.29, 1.82) is 0 Å². The van der Waals surface area contributed by atoms with E-state index < -0.39 is 0 Å². The minimum Gasteiger partial charge on any atom is -0.296 e. The van der Waals surface area contributed by atoms with E-state index >= 15 is 0 Å². The van der Waals surface area contributed by atoms with Crippen LogP contribution in [-0.4, -0.2) is 25.1 Å². The molecule has 0 saturated heterocycles.